The molecular formula is C15H17ClFNO3S. The fourth-order valence-corrected chi connectivity index (χ4v) is 3.18. The van der Waals surface area contributed by atoms with Crippen LogP contribution in [0.3, 0.4) is 0 Å². The minimum absolute atomic E-state index is 0. The second kappa shape index (κ2) is 7.69. The Kier molecular flexibility index (Phi) is 6.49. The van der Waals surface area contributed by atoms with Crippen molar-refractivity contribution in [3.05, 3.63) is 59.9 Å². The lowest BCUT2D eigenvalue weighted by Gasteiger charge is -2.09. The number of benzene rings is 2. The molecule has 1 atom stereocenters. The molecule has 0 spiro atoms. The highest BCUT2D eigenvalue weighted by Crippen LogP contribution is 2.21. The molecule has 0 fully saturated rings. The molecule has 22 heavy (non-hydrogen) atoms. The van der Waals surface area contributed by atoms with Gasteiger partial charge in [-0.25, -0.2) is 12.8 Å². The molecule has 0 aromatic heterocycles. The number of hydrogen-bond acceptors (Lipinski definition) is 4. The van der Waals surface area contributed by atoms with Crippen LogP contribution in [0.25, 0.3) is 0 Å². The standard InChI is InChI=1S/C15H16FNO3S.ClH/c16-12-3-7-15(8-4-12)21(19,20)14-5-1-11(2-6-14)9-13(17)10-18;/h1-8,13,18H,9-10,17H2;1H/t13-;/m0./s1. The second-order valence-electron chi connectivity index (χ2n) is 4.75. The van der Waals surface area contributed by atoms with Gasteiger partial charge in [0, 0.05) is 6.04 Å². The van der Waals surface area contributed by atoms with Crippen LogP contribution in [-0.2, 0) is 16.3 Å². The summed E-state index contributed by atoms with van der Waals surface area (Å²) in [5, 5.41) is 8.90. The predicted octanol–water partition coefficient (Wildman–Crippen LogP) is 1.94. The first-order valence-corrected chi connectivity index (χ1v) is 7.88. The van der Waals surface area contributed by atoms with E-state index in [9.17, 15) is 12.8 Å². The van der Waals surface area contributed by atoms with Crippen molar-refractivity contribution >= 4 is 22.2 Å². The molecule has 2 rings (SSSR count). The van der Waals surface area contributed by atoms with Gasteiger partial charge in [0.05, 0.1) is 16.4 Å². The van der Waals surface area contributed by atoms with Crippen LogP contribution < -0.4 is 5.73 Å². The quantitative estimate of drug-likeness (QED) is 0.812. The van der Waals surface area contributed by atoms with Crippen LogP contribution in [0, 0.1) is 5.82 Å². The van der Waals surface area contributed by atoms with Crippen molar-refractivity contribution in [2.45, 2.75) is 22.3 Å². The zero-order valence-corrected chi connectivity index (χ0v) is 13.3. The van der Waals surface area contributed by atoms with Gasteiger partial charge in [0.1, 0.15) is 5.82 Å². The predicted molar refractivity (Wildman–Crippen MR) is 84.3 cm³/mol. The van der Waals surface area contributed by atoms with E-state index in [1.54, 1.807) is 12.1 Å². The molecule has 2 aromatic rings. The Hall–Kier alpha value is -1.47. The van der Waals surface area contributed by atoms with Gasteiger partial charge in [0.2, 0.25) is 9.84 Å². The third-order valence-corrected chi connectivity index (χ3v) is 4.88. The van der Waals surface area contributed by atoms with E-state index in [0.717, 1.165) is 17.7 Å². The van der Waals surface area contributed by atoms with Crippen LogP contribution in [0.1, 0.15) is 5.56 Å². The SMILES string of the molecule is Cl.N[C@H](CO)Cc1ccc(S(=O)(=O)c2ccc(F)cc2)cc1. The van der Waals surface area contributed by atoms with Crippen molar-refractivity contribution in [2.75, 3.05) is 6.61 Å². The van der Waals surface area contributed by atoms with Crippen molar-refractivity contribution in [3.63, 3.8) is 0 Å². The van der Waals surface area contributed by atoms with E-state index >= 15 is 0 Å². The Bertz CT molecular complexity index is 703. The van der Waals surface area contributed by atoms with Gasteiger partial charge >= 0.3 is 0 Å². The number of rotatable bonds is 5. The van der Waals surface area contributed by atoms with Crippen LogP contribution in [0.2, 0.25) is 0 Å². The maximum atomic E-state index is 12.9. The van der Waals surface area contributed by atoms with E-state index in [1.165, 1.54) is 24.3 Å². The fraction of sp³-hybridized carbons (Fsp3) is 0.200. The van der Waals surface area contributed by atoms with E-state index in [4.69, 9.17) is 10.8 Å². The Balaban J connectivity index is 0.00000242. The third kappa shape index (κ3) is 4.27. The van der Waals surface area contributed by atoms with Crippen molar-refractivity contribution < 1.29 is 17.9 Å². The highest BCUT2D eigenvalue weighted by atomic mass is 35.5. The first-order valence-electron chi connectivity index (χ1n) is 6.39. The molecule has 0 aliphatic carbocycles. The lowest BCUT2D eigenvalue weighted by Crippen LogP contribution is -2.26. The van der Waals surface area contributed by atoms with Crippen LogP contribution >= 0.6 is 12.4 Å². The Labute approximate surface area is 135 Å². The number of halogens is 2. The first-order chi connectivity index (χ1) is 9.93. The molecule has 0 aliphatic heterocycles. The van der Waals surface area contributed by atoms with Crippen molar-refractivity contribution in [2.24, 2.45) is 5.73 Å². The zero-order valence-electron chi connectivity index (χ0n) is 11.6. The van der Waals surface area contributed by atoms with Gasteiger partial charge in [0.15, 0.2) is 0 Å². The van der Waals surface area contributed by atoms with Gasteiger partial charge < -0.3 is 10.8 Å². The molecule has 4 nitrogen and oxygen atoms in total. The minimum Gasteiger partial charge on any atom is -0.395 e. The average Bonchev–Trinajstić information content (AvgIpc) is 2.48. The summed E-state index contributed by atoms with van der Waals surface area (Å²) in [6.45, 7) is -0.129. The van der Waals surface area contributed by atoms with E-state index in [2.05, 4.69) is 0 Å². The van der Waals surface area contributed by atoms with Gasteiger partial charge in [-0.15, -0.1) is 12.4 Å². The van der Waals surface area contributed by atoms with E-state index in [0.29, 0.717) is 6.42 Å². The average molecular weight is 346 g/mol. The van der Waals surface area contributed by atoms with Crippen molar-refractivity contribution in [3.8, 4) is 0 Å². The topological polar surface area (TPSA) is 80.4 Å². The number of aliphatic hydroxyl groups excluding tert-OH is 1. The van der Waals surface area contributed by atoms with Crippen molar-refractivity contribution in [1.29, 1.82) is 0 Å². The van der Waals surface area contributed by atoms with Crippen LogP contribution in [0.4, 0.5) is 4.39 Å². The second-order valence-corrected chi connectivity index (χ2v) is 6.70. The Morgan fingerprint density at radius 2 is 1.45 bits per heavy atom. The molecule has 3 N–H and O–H groups in total. The molecule has 0 saturated carbocycles. The molecule has 120 valence electrons. The zero-order chi connectivity index (χ0) is 15.5. The summed E-state index contributed by atoms with van der Waals surface area (Å²) in [6, 6.07) is 10.6. The first kappa shape index (κ1) is 18.6. The largest absolute Gasteiger partial charge is 0.395 e. The minimum atomic E-state index is -3.65. The summed E-state index contributed by atoms with van der Waals surface area (Å²) >= 11 is 0. The van der Waals surface area contributed by atoms with Gasteiger partial charge in [0.25, 0.3) is 0 Å². The fourth-order valence-electron chi connectivity index (χ4n) is 1.92. The Morgan fingerprint density at radius 1 is 1.00 bits per heavy atom. The van der Waals surface area contributed by atoms with Gasteiger partial charge in [-0.05, 0) is 48.4 Å². The third-order valence-electron chi connectivity index (χ3n) is 3.09. The summed E-state index contributed by atoms with van der Waals surface area (Å²) in [4.78, 5) is 0.180. The molecule has 2 aromatic carbocycles. The monoisotopic (exact) mass is 345 g/mol. The summed E-state index contributed by atoms with van der Waals surface area (Å²) in [6.07, 6.45) is 0.466. The van der Waals surface area contributed by atoms with E-state index in [1.807, 2.05) is 0 Å². The molecule has 0 saturated heterocycles. The molecule has 0 heterocycles. The molecule has 0 unspecified atom stereocenters. The van der Waals surface area contributed by atoms with E-state index < -0.39 is 15.7 Å². The summed E-state index contributed by atoms with van der Waals surface area (Å²) in [5.74, 6) is -0.484. The molecule has 7 heteroatoms. The smallest absolute Gasteiger partial charge is 0.206 e. The number of sulfone groups is 1. The van der Waals surface area contributed by atoms with Gasteiger partial charge in [-0.3, -0.25) is 0 Å². The molecule has 0 radical (unpaired) electrons. The summed E-state index contributed by atoms with van der Waals surface area (Å²) in [7, 11) is -3.65. The maximum Gasteiger partial charge on any atom is 0.206 e. The lowest BCUT2D eigenvalue weighted by molar-refractivity contribution is 0.265. The summed E-state index contributed by atoms with van der Waals surface area (Å²) in [5.41, 5.74) is 6.47. The summed E-state index contributed by atoms with van der Waals surface area (Å²) < 4.78 is 37.6. The number of nitrogens with two attached hydrogens (primary N) is 1. The van der Waals surface area contributed by atoms with Crippen LogP contribution in [-0.4, -0.2) is 26.2 Å². The van der Waals surface area contributed by atoms with Gasteiger partial charge in [-0.2, -0.15) is 0 Å². The molecule has 0 amide bonds. The normalized spacial score (nSPS) is 12.5. The number of aliphatic hydroxyl groups is 1. The molecule has 0 bridgehead atoms. The molecular weight excluding hydrogens is 329 g/mol. The maximum absolute atomic E-state index is 12.9. The lowest BCUT2D eigenvalue weighted by atomic mass is 10.1. The Morgan fingerprint density at radius 3 is 1.91 bits per heavy atom. The van der Waals surface area contributed by atoms with Gasteiger partial charge in [-0.1, -0.05) is 12.1 Å². The van der Waals surface area contributed by atoms with Crippen LogP contribution in [0.5, 0.6) is 0 Å². The van der Waals surface area contributed by atoms with E-state index in [-0.39, 0.29) is 34.8 Å². The number of hydrogen-bond donors (Lipinski definition) is 2. The van der Waals surface area contributed by atoms with Crippen molar-refractivity contribution in [1.82, 2.24) is 0 Å². The van der Waals surface area contributed by atoms with Crippen LogP contribution in [0.15, 0.2) is 58.3 Å². The highest BCUT2D eigenvalue weighted by molar-refractivity contribution is 7.91. The highest BCUT2D eigenvalue weighted by Gasteiger charge is 2.17. The molecule has 0 aliphatic rings.